The van der Waals surface area contributed by atoms with E-state index in [4.69, 9.17) is 9.72 Å². The van der Waals surface area contributed by atoms with Crippen molar-refractivity contribution in [1.29, 1.82) is 0 Å². The summed E-state index contributed by atoms with van der Waals surface area (Å²) in [7, 11) is 0. The molecule has 1 amide bonds. The summed E-state index contributed by atoms with van der Waals surface area (Å²) in [6, 6.07) is 23.1. The van der Waals surface area contributed by atoms with Crippen LogP contribution in [0.15, 0.2) is 66.7 Å². The van der Waals surface area contributed by atoms with Crippen molar-refractivity contribution in [2.45, 2.75) is 53.0 Å². The minimum absolute atomic E-state index is 0.0230. The van der Waals surface area contributed by atoms with Gasteiger partial charge in [0, 0.05) is 19.5 Å². The zero-order valence-electron chi connectivity index (χ0n) is 21.2. The molecule has 0 aliphatic heterocycles. The Kier molecular flexibility index (Phi) is 7.86. The van der Waals surface area contributed by atoms with Crippen LogP contribution in [0.4, 0.5) is 0 Å². The predicted molar refractivity (Wildman–Crippen MR) is 142 cm³/mol. The number of hydrogen-bond donors (Lipinski definition) is 1. The molecule has 5 heteroatoms. The Morgan fingerprint density at radius 1 is 1.03 bits per heavy atom. The lowest BCUT2D eigenvalue weighted by Gasteiger charge is -2.12. The van der Waals surface area contributed by atoms with Crippen LogP contribution in [0.3, 0.4) is 0 Å². The number of fused-ring (bicyclic) bond motifs is 1. The zero-order valence-corrected chi connectivity index (χ0v) is 21.2. The summed E-state index contributed by atoms with van der Waals surface area (Å²) >= 11 is 0. The fraction of sp³-hybridized carbons (Fsp3) is 0.333. The lowest BCUT2D eigenvalue weighted by molar-refractivity contribution is -0.123. The monoisotopic (exact) mass is 469 g/mol. The van der Waals surface area contributed by atoms with Gasteiger partial charge in [-0.1, -0.05) is 62.4 Å². The van der Waals surface area contributed by atoms with Crippen molar-refractivity contribution < 1.29 is 9.53 Å². The normalized spacial score (nSPS) is 11.2. The highest BCUT2D eigenvalue weighted by atomic mass is 16.5. The molecule has 1 N–H and O–H groups in total. The van der Waals surface area contributed by atoms with Crippen molar-refractivity contribution in [2.24, 2.45) is 0 Å². The number of carbonyl (C=O) groups excluding carboxylic acids is 1. The van der Waals surface area contributed by atoms with E-state index in [1.165, 1.54) is 11.1 Å². The third-order valence-corrected chi connectivity index (χ3v) is 6.32. The number of aromatic nitrogens is 2. The second-order valence-corrected chi connectivity index (χ2v) is 9.51. The molecule has 0 atom stereocenters. The molecule has 4 rings (SSSR count). The zero-order chi connectivity index (χ0) is 24.8. The van der Waals surface area contributed by atoms with Gasteiger partial charge in [-0.05, 0) is 66.6 Å². The van der Waals surface area contributed by atoms with Gasteiger partial charge in [-0.25, -0.2) is 4.98 Å². The molecule has 0 bridgehead atoms. The Hall–Kier alpha value is -3.60. The molecule has 4 aromatic rings. The first-order valence-electron chi connectivity index (χ1n) is 12.4. The van der Waals surface area contributed by atoms with Gasteiger partial charge in [0.15, 0.2) is 6.61 Å². The van der Waals surface area contributed by atoms with Gasteiger partial charge in [0.1, 0.15) is 11.6 Å². The lowest BCUT2D eigenvalue weighted by Crippen LogP contribution is -2.30. The van der Waals surface area contributed by atoms with Crippen LogP contribution in [0.25, 0.3) is 11.0 Å². The van der Waals surface area contributed by atoms with Crippen LogP contribution in [-0.4, -0.2) is 28.6 Å². The lowest BCUT2D eigenvalue weighted by atomic mass is 10.0. The number of nitrogens with one attached hydrogen (secondary N) is 1. The largest absolute Gasteiger partial charge is 0.483 e. The number of hydrogen-bond acceptors (Lipinski definition) is 3. The molecule has 0 aliphatic carbocycles. The Morgan fingerprint density at radius 2 is 1.80 bits per heavy atom. The van der Waals surface area contributed by atoms with Crippen LogP contribution in [0.2, 0.25) is 0 Å². The van der Waals surface area contributed by atoms with Gasteiger partial charge in [-0.3, -0.25) is 4.79 Å². The van der Waals surface area contributed by atoms with E-state index in [9.17, 15) is 4.79 Å². The standard InChI is InChI=1S/C30H35N3O2/c1-21(2)25-15-13-24(14-16-25)19-33-27-9-6-5-8-26(27)32-29(33)10-7-17-31-30(34)20-35-28-18-22(3)11-12-23(28)4/h5-6,8-9,11-16,18,21H,7,10,17,19-20H2,1-4H3,(H,31,34). The molecule has 182 valence electrons. The second kappa shape index (κ2) is 11.2. The van der Waals surface area contributed by atoms with Crippen LogP contribution >= 0.6 is 0 Å². The van der Waals surface area contributed by atoms with Crippen LogP contribution in [0, 0.1) is 13.8 Å². The summed E-state index contributed by atoms with van der Waals surface area (Å²) < 4.78 is 8.01. The van der Waals surface area contributed by atoms with E-state index in [1.807, 2.05) is 38.1 Å². The number of para-hydroxylation sites is 2. The molecular weight excluding hydrogens is 434 g/mol. The van der Waals surface area contributed by atoms with Gasteiger partial charge >= 0.3 is 0 Å². The summed E-state index contributed by atoms with van der Waals surface area (Å²) in [5, 5.41) is 2.98. The predicted octanol–water partition coefficient (Wildman–Crippen LogP) is 5.95. The van der Waals surface area contributed by atoms with E-state index in [0.717, 1.165) is 53.1 Å². The quantitative estimate of drug-likeness (QED) is 0.292. The van der Waals surface area contributed by atoms with Gasteiger partial charge in [-0.2, -0.15) is 0 Å². The second-order valence-electron chi connectivity index (χ2n) is 9.51. The minimum atomic E-state index is -0.107. The first-order chi connectivity index (χ1) is 16.9. The highest BCUT2D eigenvalue weighted by molar-refractivity contribution is 5.77. The molecule has 0 unspecified atom stereocenters. The Bertz CT molecular complexity index is 1290. The van der Waals surface area contributed by atoms with Crippen molar-refractivity contribution >= 4 is 16.9 Å². The number of nitrogens with zero attached hydrogens (tertiary/aromatic N) is 2. The Morgan fingerprint density at radius 3 is 2.57 bits per heavy atom. The molecule has 0 saturated carbocycles. The number of ether oxygens (including phenoxy) is 1. The molecule has 3 aromatic carbocycles. The summed E-state index contributed by atoms with van der Waals surface area (Å²) in [6.45, 7) is 9.81. The molecule has 35 heavy (non-hydrogen) atoms. The molecule has 1 aromatic heterocycles. The van der Waals surface area contributed by atoms with Gasteiger partial charge in [0.25, 0.3) is 5.91 Å². The average Bonchev–Trinajstić information content (AvgIpc) is 3.20. The van der Waals surface area contributed by atoms with Gasteiger partial charge in [0.05, 0.1) is 11.0 Å². The van der Waals surface area contributed by atoms with E-state index in [0.29, 0.717) is 12.5 Å². The van der Waals surface area contributed by atoms with Gasteiger partial charge < -0.3 is 14.6 Å². The summed E-state index contributed by atoms with van der Waals surface area (Å²) in [5.41, 5.74) is 6.90. The topological polar surface area (TPSA) is 56.1 Å². The molecule has 0 fully saturated rings. The summed E-state index contributed by atoms with van der Waals surface area (Å²) in [4.78, 5) is 17.2. The molecule has 5 nitrogen and oxygen atoms in total. The van der Waals surface area contributed by atoms with Crippen molar-refractivity contribution in [1.82, 2.24) is 14.9 Å². The van der Waals surface area contributed by atoms with Crippen LogP contribution in [0.5, 0.6) is 5.75 Å². The van der Waals surface area contributed by atoms with E-state index < -0.39 is 0 Å². The third kappa shape index (κ3) is 6.30. The van der Waals surface area contributed by atoms with Crippen molar-refractivity contribution in [3.05, 3.63) is 94.8 Å². The number of amides is 1. The van der Waals surface area contributed by atoms with Gasteiger partial charge in [0.2, 0.25) is 0 Å². The third-order valence-electron chi connectivity index (χ3n) is 6.32. The summed E-state index contributed by atoms with van der Waals surface area (Å²) in [6.07, 6.45) is 1.60. The van der Waals surface area contributed by atoms with Crippen LogP contribution in [0.1, 0.15) is 54.3 Å². The van der Waals surface area contributed by atoms with E-state index in [1.54, 1.807) is 0 Å². The number of rotatable bonds is 10. The summed E-state index contributed by atoms with van der Waals surface area (Å²) in [5.74, 6) is 2.22. The fourth-order valence-electron chi connectivity index (χ4n) is 4.21. The molecule has 0 saturated heterocycles. The first kappa shape index (κ1) is 24.5. The molecule has 0 aliphatic rings. The van der Waals surface area contributed by atoms with Crippen LogP contribution < -0.4 is 10.1 Å². The Balaban J connectivity index is 1.35. The highest BCUT2D eigenvalue weighted by Crippen LogP contribution is 2.21. The maximum Gasteiger partial charge on any atom is 0.257 e. The number of benzene rings is 3. The SMILES string of the molecule is Cc1ccc(C)c(OCC(=O)NCCCc2nc3ccccc3n2Cc2ccc(C(C)C)cc2)c1. The van der Waals surface area contributed by atoms with E-state index >= 15 is 0 Å². The maximum absolute atomic E-state index is 12.3. The van der Waals surface area contributed by atoms with E-state index in [-0.39, 0.29) is 12.5 Å². The van der Waals surface area contributed by atoms with Crippen molar-refractivity contribution in [3.8, 4) is 5.75 Å². The molecule has 1 heterocycles. The fourth-order valence-corrected chi connectivity index (χ4v) is 4.21. The first-order valence-corrected chi connectivity index (χ1v) is 12.4. The highest BCUT2D eigenvalue weighted by Gasteiger charge is 2.12. The van der Waals surface area contributed by atoms with Crippen LogP contribution in [-0.2, 0) is 17.8 Å². The number of imidazole rings is 1. The van der Waals surface area contributed by atoms with E-state index in [2.05, 4.69) is 66.2 Å². The molecule has 0 radical (unpaired) electrons. The van der Waals surface area contributed by atoms with Crippen molar-refractivity contribution in [2.75, 3.05) is 13.2 Å². The average molecular weight is 470 g/mol. The molecular formula is C30H35N3O2. The smallest absolute Gasteiger partial charge is 0.257 e. The minimum Gasteiger partial charge on any atom is -0.483 e. The molecule has 0 spiro atoms. The number of aryl methyl sites for hydroxylation is 3. The van der Waals surface area contributed by atoms with Crippen molar-refractivity contribution in [3.63, 3.8) is 0 Å². The maximum atomic E-state index is 12.3. The number of carbonyl (C=O) groups is 1. The van der Waals surface area contributed by atoms with Gasteiger partial charge in [-0.15, -0.1) is 0 Å². The Labute approximate surface area is 208 Å².